The van der Waals surface area contributed by atoms with Crippen molar-refractivity contribution in [1.29, 1.82) is 0 Å². The highest BCUT2D eigenvalue weighted by atomic mass is 79.9. The molecule has 156 valence electrons. The van der Waals surface area contributed by atoms with Crippen LogP contribution in [0, 0.1) is 6.92 Å². The summed E-state index contributed by atoms with van der Waals surface area (Å²) in [6.07, 6.45) is 2.37. The number of anilines is 4. The van der Waals surface area contributed by atoms with Crippen LogP contribution in [0.4, 0.5) is 23.0 Å². The molecule has 2 heterocycles. The first-order valence-electron chi connectivity index (χ1n) is 9.66. The number of sulfonamides is 1. The van der Waals surface area contributed by atoms with Gasteiger partial charge in [0.25, 0.3) is 10.0 Å². The highest BCUT2D eigenvalue weighted by Crippen LogP contribution is 2.26. The molecule has 1 aromatic heterocycles. The molecule has 7 nitrogen and oxygen atoms in total. The Labute approximate surface area is 184 Å². The van der Waals surface area contributed by atoms with Crippen LogP contribution in [0.15, 0.2) is 64.0 Å². The second-order valence-corrected chi connectivity index (χ2v) is 9.60. The molecule has 3 aromatic rings. The number of aryl methyl sites for hydroxylation is 1. The lowest BCUT2D eigenvalue weighted by molar-refractivity contribution is 0.601. The van der Waals surface area contributed by atoms with Gasteiger partial charge in [-0.1, -0.05) is 12.1 Å². The predicted octanol–water partition coefficient (Wildman–Crippen LogP) is 4.69. The van der Waals surface area contributed by atoms with Gasteiger partial charge in [-0.25, -0.2) is 18.4 Å². The van der Waals surface area contributed by atoms with E-state index in [1.165, 1.54) is 12.8 Å². The Morgan fingerprint density at radius 3 is 2.33 bits per heavy atom. The number of benzene rings is 2. The standard InChI is InChI=1S/C21H22BrN5O2S/c1-15-23-20(14-21(24-15)27-12-4-5-13-27)25-16-8-10-17(11-9-16)26-30(28,29)19-7-3-2-6-18(19)22/h2-3,6-11,14,26H,4-5,12-13H2,1H3,(H,23,24,25). The molecule has 1 aliphatic rings. The van der Waals surface area contributed by atoms with Gasteiger partial charge in [0, 0.05) is 35.0 Å². The summed E-state index contributed by atoms with van der Waals surface area (Å²) in [5, 5.41) is 3.28. The number of hydrogen-bond donors (Lipinski definition) is 2. The second kappa shape index (κ2) is 8.61. The van der Waals surface area contributed by atoms with E-state index in [0.29, 0.717) is 21.8 Å². The number of nitrogens with zero attached hydrogens (tertiary/aromatic N) is 3. The van der Waals surface area contributed by atoms with E-state index < -0.39 is 10.0 Å². The third-order valence-electron chi connectivity index (χ3n) is 4.79. The number of halogens is 1. The Hall–Kier alpha value is -2.65. The average Bonchev–Trinajstić information content (AvgIpc) is 3.24. The van der Waals surface area contributed by atoms with E-state index >= 15 is 0 Å². The van der Waals surface area contributed by atoms with Gasteiger partial charge in [0.05, 0.1) is 0 Å². The van der Waals surface area contributed by atoms with Gasteiger partial charge in [-0.3, -0.25) is 4.72 Å². The number of hydrogen-bond acceptors (Lipinski definition) is 6. The minimum Gasteiger partial charge on any atom is -0.356 e. The number of aromatic nitrogens is 2. The number of nitrogens with one attached hydrogen (secondary N) is 2. The van der Waals surface area contributed by atoms with Crippen molar-refractivity contribution in [3.8, 4) is 0 Å². The molecular weight excluding hydrogens is 466 g/mol. The summed E-state index contributed by atoms with van der Waals surface area (Å²) in [5.74, 6) is 2.35. The van der Waals surface area contributed by atoms with Gasteiger partial charge in [-0.05, 0) is 72.1 Å². The van der Waals surface area contributed by atoms with Crippen molar-refractivity contribution in [3.05, 3.63) is 64.9 Å². The molecule has 0 bridgehead atoms. The summed E-state index contributed by atoms with van der Waals surface area (Å²) in [7, 11) is -3.68. The molecule has 0 spiro atoms. The zero-order chi connectivity index (χ0) is 21.1. The summed E-state index contributed by atoms with van der Waals surface area (Å²) in [4.78, 5) is 11.5. The van der Waals surface area contributed by atoms with Gasteiger partial charge < -0.3 is 10.2 Å². The second-order valence-electron chi connectivity index (χ2n) is 7.09. The van der Waals surface area contributed by atoms with Crippen molar-refractivity contribution in [3.63, 3.8) is 0 Å². The fourth-order valence-electron chi connectivity index (χ4n) is 3.37. The third kappa shape index (κ3) is 4.73. The van der Waals surface area contributed by atoms with Crippen LogP contribution in [0.2, 0.25) is 0 Å². The van der Waals surface area contributed by atoms with E-state index in [4.69, 9.17) is 0 Å². The zero-order valence-corrected chi connectivity index (χ0v) is 18.9. The molecule has 9 heteroatoms. The first kappa shape index (κ1) is 20.6. The average molecular weight is 488 g/mol. The topological polar surface area (TPSA) is 87.2 Å². The quantitative estimate of drug-likeness (QED) is 0.524. The first-order valence-corrected chi connectivity index (χ1v) is 11.9. The van der Waals surface area contributed by atoms with Gasteiger partial charge >= 0.3 is 0 Å². The summed E-state index contributed by atoms with van der Waals surface area (Å²) in [6, 6.07) is 15.7. The predicted molar refractivity (Wildman–Crippen MR) is 123 cm³/mol. The van der Waals surface area contributed by atoms with Crippen molar-refractivity contribution in [1.82, 2.24) is 9.97 Å². The Balaban J connectivity index is 1.48. The van der Waals surface area contributed by atoms with Gasteiger partial charge in [0.1, 0.15) is 22.4 Å². The van der Waals surface area contributed by atoms with Crippen molar-refractivity contribution in [2.75, 3.05) is 28.0 Å². The maximum atomic E-state index is 12.6. The van der Waals surface area contributed by atoms with Crippen LogP contribution < -0.4 is 14.9 Å². The Morgan fingerprint density at radius 1 is 0.967 bits per heavy atom. The minimum atomic E-state index is -3.68. The van der Waals surface area contributed by atoms with Gasteiger partial charge in [0.2, 0.25) is 0 Å². The monoisotopic (exact) mass is 487 g/mol. The van der Waals surface area contributed by atoms with E-state index in [0.717, 1.165) is 24.6 Å². The fourth-order valence-corrected chi connectivity index (χ4v) is 5.43. The van der Waals surface area contributed by atoms with Crippen molar-refractivity contribution >= 4 is 49.0 Å². The van der Waals surface area contributed by atoms with E-state index in [-0.39, 0.29) is 4.90 Å². The maximum Gasteiger partial charge on any atom is 0.263 e. The normalized spacial score (nSPS) is 14.0. The van der Waals surface area contributed by atoms with Gasteiger partial charge in [-0.15, -0.1) is 0 Å². The Bertz CT molecular complexity index is 1150. The zero-order valence-electron chi connectivity index (χ0n) is 16.5. The van der Waals surface area contributed by atoms with Crippen LogP contribution in [0.3, 0.4) is 0 Å². The smallest absolute Gasteiger partial charge is 0.263 e. The van der Waals surface area contributed by atoms with Crippen LogP contribution in [0.25, 0.3) is 0 Å². The summed E-state index contributed by atoms with van der Waals surface area (Å²) < 4.78 is 28.4. The van der Waals surface area contributed by atoms with E-state index in [1.54, 1.807) is 36.4 Å². The molecule has 0 atom stereocenters. The molecule has 0 amide bonds. The fraction of sp³-hybridized carbons (Fsp3) is 0.238. The molecule has 0 aliphatic carbocycles. The molecular formula is C21H22BrN5O2S. The van der Waals surface area contributed by atoms with Crippen molar-refractivity contribution < 1.29 is 8.42 Å². The van der Waals surface area contributed by atoms with Crippen LogP contribution in [0.1, 0.15) is 18.7 Å². The van der Waals surface area contributed by atoms with Gasteiger partial charge in [0.15, 0.2) is 0 Å². The van der Waals surface area contributed by atoms with Gasteiger partial charge in [-0.2, -0.15) is 0 Å². The summed E-state index contributed by atoms with van der Waals surface area (Å²) in [5.41, 5.74) is 1.29. The largest absolute Gasteiger partial charge is 0.356 e. The molecule has 0 saturated carbocycles. The first-order chi connectivity index (χ1) is 14.4. The summed E-state index contributed by atoms with van der Waals surface area (Å²) >= 11 is 3.29. The molecule has 2 N–H and O–H groups in total. The lowest BCUT2D eigenvalue weighted by Crippen LogP contribution is -2.19. The molecule has 4 rings (SSSR count). The van der Waals surface area contributed by atoms with E-state index in [1.807, 2.05) is 25.1 Å². The number of rotatable bonds is 6. The van der Waals surface area contributed by atoms with Crippen LogP contribution in [-0.4, -0.2) is 31.5 Å². The highest BCUT2D eigenvalue weighted by Gasteiger charge is 2.17. The van der Waals surface area contributed by atoms with Crippen LogP contribution in [-0.2, 0) is 10.0 Å². The minimum absolute atomic E-state index is 0.193. The van der Waals surface area contributed by atoms with E-state index in [2.05, 4.69) is 40.8 Å². The molecule has 1 fully saturated rings. The lowest BCUT2D eigenvalue weighted by atomic mass is 10.3. The lowest BCUT2D eigenvalue weighted by Gasteiger charge is -2.18. The highest BCUT2D eigenvalue weighted by molar-refractivity contribution is 9.10. The third-order valence-corrected chi connectivity index (χ3v) is 7.18. The Morgan fingerprint density at radius 2 is 1.63 bits per heavy atom. The Kier molecular flexibility index (Phi) is 5.92. The molecule has 1 aliphatic heterocycles. The molecule has 30 heavy (non-hydrogen) atoms. The van der Waals surface area contributed by atoms with Crippen molar-refractivity contribution in [2.45, 2.75) is 24.7 Å². The molecule has 0 unspecified atom stereocenters. The van der Waals surface area contributed by atoms with E-state index in [9.17, 15) is 8.42 Å². The molecule has 2 aromatic carbocycles. The van der Waals surface area contributed by atoms with Crippen molar-refractivity contribution in [2.24, 2.45) is 0 Å². The SMILES string of the molecule is Cc1nc(Nc2ccc(NS(=O)(=O)c3ccccc3Br)cc2)cc(N2CCCC2)n1. The maximum absolute atomic E-state index is 12.6. The molecule has 1 saturated heterocycles. The summed E-state index contributed by atoms with van der Waals surface area (Å²) in [6.45, 7) is 3.91. The molecule has 0 radical (unpaired) electrons. The van der Waals surface area contributed by atoms with Crippen LogP contribution in [0.5, 0.6) is 0 Å². The van der Waals surface area contributed by atoms with Crippen LogP contribution >= 0.6 is 15.9 Å².